The predicted octanol–water partition coefficient (Wildman–Crippen LogP) is 2.04. The van der Waals surface area contributed by atoms with Crippen molar-refractivity contribution < 1.29 is 14.3 Å². The van der Waals surface area contributed by atoms with Crippen molar-refractivity contribution in [3.63, 3.8) is 0 Å². The molecule has 0 bridgehead atoms. The first-order valence-corrected chi connectivity index (χ1v) is 4.77. The van der Waals surface area contributed by atoms with Crippen LogP contribution in [0, 0.1) is 18.8 Å². The standard InChI is InChI=1S/C11H16O3/c1-7(2)9(6-12)11(13)10-5-4-8(3)14-10/h4-5,7,9,12H,6H2,1-3H3. The highest BCUT2D eigenvalue weighted by Gasteiger charge is 2.24. The van der Waals surface area contributed by atoms with Gasteiger partial charge in [-0.05, 0) is 25.0 Å². The van der Waals surface area contributed by atoms with Crippen LogP contribution in [0.2, 0.25) is 0 Å². The second kappa shape index (κ2) is 4.42. The summed E-state index contributed by atoms with van der Waals surface area (Å²) in [4.78, 5) is 11.8. The number of furan rings is 1. The van der Waals surface area contributed by atoms with Crippen LogP contribution in [0.1, 0.15) is 30.2 Å². The molecule has 1 atom stereocenters. The lowest BCUT2D eigenvalue weighted by molar-refractivity contribution is 0.0776. The molecule has 1 aromatic rings. The molecule has 0 aliphatic carbocycles. The Labute approximate surface area is 83.7 Å². The lowest BCUT2D eigenvalue weighted by Crippen LogP contribution is -2.23. The van der Waals surface area contributed by atoms with Crippen LogP contribution >= 0.6 is 0 Å². The Hall–Kier alpha value is -1.09. The summed E-state index contributed by atoms with van der Waals surface area (Å²) < 4.78 is 5.22. The molecule has 1 rings (SSSR count). The van der Waals surface area contributed by atoms with Gasteiger partial charge in [-0.15, -0.1) is 0 Å². The maximum absolute atomic E-state index is 11.8. The van der Waals surface area contributed by atoms with E-state index in [1.54, 1.807) is 19.1 Å². The number of rotatable bonds is 4. The third-order valence-electron chi connectivity index (χ3n) is 2.32. The van der Waals surface area contributed by atoms with Crippen LogP contribution in [-0.2, 0) is 0 Å². The molecule has 1 N–H and O–H groups in total. The molecular formula is C11H16O3. The van der Waals surface area contributed by atoms with E-state index in [4.69, 9.17) is 9.52 Å². The zero-order chi connectivity index (χ0) is 10.7. The van der Waals surface area contributed by atoms with Gasteiger partial charge < -0.3 is 9.52 Å². The molecule has 0 aliphatic heterocycles. The summed E-state index contributed by atoms with van der Waals surface area (Å²) in [5.74, 6) is 0.707. The van der Waals surface area contributed by atoms with Crippen molar-refractivity contribution in [2.75, 3.05) is 6.61 Å². The van der Waals surface area contributed by atoms with Crippen molar-refractivity contribution >= 4 is 5.78 Å². The Morgan fingerprint density at radius 2 is 2.14 bits per heavy atom. The Morgan fingerprint density at radius 3 is 2.50 bits per heavy atom. The van der Waals surface area contributed by atoms with Crippen LogP contribution in [0.5, 0.6) is 0 Å². The maximum atomic E-state index is 11.8. The summed E-state index contributed by atoms with van der Waals surface area (Å²) in [5, 5.41) is 9.07. The second-order valence-corrected chi connectivity index (χ2v) is 3.81. The number of aryl methyl sites for hydroxylation is 1. The first-order valence-electron chi connectivity index (χ1n) is 4.77. The summed E-state index contributed by atoms with van der Waals surface area (Å²) in [5.41, 5.74) is 0. The van der Waals surface area contributed by atoms with E-state index in [1.807, 2.05) is 13.8 Å². The average Bonchev–Trinajstić information content (AvgIpc) is 2.52. The van der Waals surface area contributed by atoms with Crippen molar-refractivity contribution in [1.29, 1.82) is 0 Å². The van der Waals surface area contributed by atoms with E-state index in [2.05, 4.69) is 0 Å². The lowest BCUT2D eigenvalue weighted by atomic mass is 9.91. The third-order valence-corrected chi connectivity index (χ3v) is 2.32. The monoisotopic (exact) mass is 196 g/mol. The van der Waals surface area contributed by atoms with E-state index < -0.39 is 0 Å². The highest BCUT2D eigenvalue weighted by molar-refractivity contribution is 5.95. The number of Topliss-reactive ketones (excluding diaryl/α,β-unsaturated/α-hetero) is 1. The van der Waals surface area contributed by atoms with Crippen LogP contribution in [0.4, 0.5) is 0 Å². The molecule has 0 saturated carbocycles. The van der Waals surface area contributed by atoms with Crippen molar-refractivity contribution in [3.05, 3.63) is 23.7 Å². The van der Waals surface area contributed by atoms with Crippen LogP contribution in [0.15, 0.2) is 16.5 Å². The van der Waals surface area contributed by atoms with Crippen LogP contribution in [0.25, 0.3) is 0 Å². The van der Waals surface area contributed by atoms with Crippen LogP contribution < -0.4 is 0 Å². The first-order chi connectivity index (χ1) is 6.56. The normalized spacial score (nSPS) is 13.2. The average molecular weight is 196 g/mol. The van der Waals surface area contributed by atoms with E-state index in [1.165, 1.54) is 0 Å². The molecule has 0 amide bonds. The molecule has 0 aromatic carbocycles. The van der Waals surface area contributed by atoms with E-state index in [9.17, 15) is 4.79 Å². The smallest absolute Gasteiger partial charge is 0.203 e. The van der Waals surface area contributed by atoms with Gasteiger partial charge in [0.05, 0.1) is 12.5 Å². The largest absolute Gasteiger partial charge is 0.458 e. The number of aliphatic hydroxyl groups excluding tert-OH is 1. The Morgan fingerprint density at radius 1 is 1.50 bits per heavy atom. The topological polar surface area (TPSA) is 50.4 Å². The fourth-order valence-electron chi connectivity index (χ4n) is 1.35. The highest BCUT2D eigenvalue weighted by Crippen LogP contribution is 2.18. The molecule has 0 spiro atoms. The van der Waals surface area contributed by atoms with Crippen molar-refractivity contribution in [2.45, 2.75) is 20.8 Å². The zero-order valence-corrected chi connectivity index (χ0v) is 8.78. The predicted molar refractivity (Wildman–Crippen MR) is 53.2 cm³/mol. The number of hydrogen-bond donors (Lipinski definition) is 1. The summed E-state index contributed by atoms with van der Waals surface area (Å²) in [6, 6.07) is 3.41. The SMILES string of the molecule is Cc1ccc(C(=O)C(CO)C(C)C)o1. The van der Waals surface area contributed by atoms with Crippen LogP contribution in [-0.4, -0.2) is 17.5 Å². The summed E-state index contributed by atoms with van der Waals surface area (Å²) in [6.45, 7) is 5.49. The number of hydrogen-bond acceptors (Lipinski definition) is 3. The van der Waals surface area contributed by atoms with Gasteiger partial charge in [-0.3, -0.25) is 4.79 Å². The summed E-state index contributed by atoms with van der Waals surface area (Å²) in [6.07, 6.45) is 0. The van der Waals surface area contributed by atoms with E-state index in [0.717, 1.165) is 0 Å². The zero-order valence-electron chi connectivity index (χ0n) is 8.78. The highest BCUT2D eigenvalue weighted by atomic mass is 16.3. The molecule has 0 fully saturated rings. The van der Waals surface area contributed by atoms with Gasteiger partial charge in [-0.25, -0.2) is 0 Å². The van der Waals surface area contributed by atoms with Gasteiger partial charge in [0.25, 0.3) is 0 Å². The van der Waals surface area contributed by atoms with Gasteiger partial charge >= 0.3 is 0 Å². The van der Waals surface area contributed by atoms with Gasteiger partial charge in [0.2, 0.25) is 5.78 Å². The van der Waals surface area contributed by atoms with Crippen molar-refractivity contribution in [3.8, 4) is 0 Å². The molecule has 3 heteroatoms. The molecule has 0 radical (unpaired) electrons. The van der Waals surface area contributed by atoms with E-state index in [0.29, 0.717) is 11.5 Å². The summed E-state index contributed by atoms with van der Waals surface area (Å²) >= 11 is 0. The fourth-order valence-corrected chi connectivity index (χ4v) is 1.35. The quantitative estimate of drug-likeness (QED) is 0.750. The summed E-state index contributed by atoms with van der Waals surface area (Å²) in [7, 11) is 0. The third kappa shape index (κ3) is 2.23. The fraction of sp³-hybridized carbons (Fsp3) is 0.545. The minimum atomic E-state index is -0.361. The molecule has 14 heavy (non-hydrogen) atoms. The van der Waals surface area contributed by atoms with Gasteiger partial charge in [0.15, 0.2) is 5.76 Å². The van der Waals surface area contributed by atoms with Crippen molar-refractivity contribution in [1.82, 2.24) is 0 Å². The molecule has 0 saturated heterocycles. The number of carbonyl (C=O) groups excluding carboxylic acids is 1. The number of ketones is 1. The van der Waals surface area contributed by atoms with E-state index >= 15 is 0 Å². The minimum Gasteiger partial charge on any atom is -0.458 e. The molecular weight excluding hydrogens is 180 g/mol. The molecule has 1 aromatic heterocycles. The van der Waals surface area contributed by atoms with Gasteiger partial charge in [0.1, 0.15) is 5.76 Å². The molecule has 78 valence electrons. The van der Waals surface area contributed by atoms with Gasteiger partial charge in [-0.2, -0.15) is 0 Å². The van der Waals surface area contributed by atoms with Gasteiger partial charge in [-0.1, -0.05) is 13.8 Å². The Kier molecular flexibility index (Phi) is 3.47. The maximum Gasteiger partial charge on any atom is 0.203 e. The van der Waals surface area contributed by atoms with Crippen LogP contribution in [0.3, 0.4) is 0 Å². The molecule has 3 nitrogen and oxygen atoms in total. The number of carbonyl (C=O) groups is 1. The molecule has 1 unspecified atom stereocenters. The van der Waals surface area contributed by atoms with Gasteiger partial charge in [0, 0.05) is 0 Å². The Balaban J connectivity index is 2.83. The number of aliphatic hydroxyl groups is 1. The minimum absolute atomic E-state index is 0.115. The van der Waals surface area contributed by atoms with E-state index in [-0.39, 0.29) is 24.2 Å². The molecule has 0 aliphatic rings. The first kappa shape index (κ1) is 11.0. The Bertz CT molecular complexity index is 312. The van der Waals surface area contributed by atoms with Crippen molar-refractivity contribution in [2.24, 2.45) is 11.8 Å². The lowest BCUT2D eigenvalue weighted by Gasteiger charge is -2.14. The second-order valence-electron chi connectivity index (χ2n) is 3.81. The molecule has 1 heterocycles.